The molecule has 11 heavy (non-hydrogen) atoms. The summed E-state index contributed by atoms with van der Waals surface area (Å²) in [6.45, 7) is 4.40. The van der Waals surface area contributed by atoms with Crippen molar-refractivity contribution in [3.05, 3.63) is 12.2 Å². The maximum atomic E-state index is 11.1. The minimum atomic E-state index is 0.0978. The molecule has 0 spiro atoms. The zero-order valence-corrected chi connectivity index (χ0v) is 6.87. The highest BCUT2D eigenvalue weighted by molar-refractivity contribution is 6.03. The van der Waals surface area contributed by atoms with Crippen molar-refractivity contribution < 1.29 is 4.79 Å². The number of hydrogen-bond donors (Lipinski definition) is 0. The van der Waals surface area contributed by atoms with Gasteiger partial charge in [-0.25, -0.2) is 5.01 Å². The first-order valence-electron chi connectivity index (χ1n) is 3.69. The topological polar surface area (TPSA) is 32.7 Å². The summed E-state index contributed by atoms with van der Waals surface area (Å²) >= 11 is 0. The molecule has 0 aromatic rings. The molecule has 60 valence electrons. The zero-order valence-electron chi connectivity index (χ0n) is 6.87. The monoisotopic (exact) mass is 152 g/mol. The third-order valence-corrected chi connectivity index (χ3v) is 1.50. The van der Waals surface area contributed by atoms with E-state index in [4.69, 9.17) is 0 Å². The van der Waals surface area contributed by atoms with Gasteiger partial charge in [0.15, 0.2) is 0 Å². The fraction of sp³-hybridized carbons (Fsp3) is 0.500. The van der Waals surface area contributed by atoms with Crippen LogP contribution in [0.4, 0.5) is 0 Å². The van der Waals surface area contributed by atoms with Gasteiger partial charge in [0.2, 0.25) is 5.91 Å². The van der Waals surface area contributed by atoms with Gasteiger partial charge in [-0.05, 0) is 13.8 Å². The number of rotatable bonds is 2. The van der Waals surface area contributed by atoms with E-state index < -0.39 is 0 Å². The van der Waals surface area contributed by atoms with Crippen molar-refractivity contribution in [1.82, 2.24) is 5.01 Å². The molecule has 0 fully saturated rings. The van der Waals surface area contributed by atoms with Crippen molar-refractivity contribution in [1.29, 1.82) is 0 Å². The molecule has 0 aromatic heterocycles. The van der Waals surface area contributed by atoms with Crippen LogP contribution >= 0.6 is 0 Å². The number of hydrazone groups is 1. The lowest BCUT2D eigenvalue weighted by Gasteiger charge is -2.06. The molecule has 0 radical (unpaired) electrons. The van der Waals surface area contributed by atoms with E-state index in [0.29, 0.717) is 13.0 Å². The summed E-state index contributed by atoms with van der Waals surface area (Å²) in [5, 5.41) is 5.55. The van der Waals surface area contributed by atoms with Gasteiger partial charge in [-0.3, -0.25) is 4.79 Å². The van der Waals surface area contributed by atoms with E-state index in [2.05, 4.69) is 5.10 Å². The third kappa shape index (κ3) is 1.90. The first kappa shape index (κ1) is 7.98. The van der Waals surface area contributed by atoms with E-state index in [-0.39, 0.29) is 5.91 Å². The standard InChI is InChI=1S/C8H12N2O/c1-3-4-5-10-8(11)6-7(2)9-10/h3-4H,5-6H2,1-2H3. The molecule has 1 aliphatic rings. The lowest BCUT2D eigenvalue weighted by molar-refractivity contribution is -0.128. The molecule has 1 rings (SSSR count). The molecule has 0 unspecified atom stereocenters. The predicted octanol–water partition coefficient (Wildman–Crippen LogP) is 1.17. The highest BCUT2D eigenvalue weighted by Gasteiger charge is 2.18. The van der Waals surface area contributed by atoms with Gasteiger partial charge in [-0.15, -0.1) is 0 Å². The minimum Gasteiger partial charge on any atom is -0.273 e. The molecule has 0 aliphatic carbocycles. The second-order valence-electron chi connectivity index (χ2n) is 2.56. The number of nitrogens with zero attached hydrogens (tertiary/aromatic N) is 2. The molecule has 0 N–H and O–H groups in total. The molecule has 0 aromatic carbocycles. The SMILES string of the molecule is CC=CCN1N=C(C)CC1=O. The summed E-state index contributed by atoms with van der Waals surface area (Å²) in [4.78, 5) is 11.1. The molecule has 3 heteroatoms. The maximum absolute atomic E-state index is 11.1. The first-order chi connectivity index (χ1) is 5.24. The Kier molecular flexibility index (Phi) is 2.41. The van der Waals surface area contributed by atoms with Gasteiger partial charge in [0.05, 0.1) is 13.0 Å². The number of allylic oxidation sites excluding steroid dienone is 1. The number of hydrogen-bond acceptors (Lipinski definition) is 2. The lowest BCUT2D eigenvalue weighted by atomic mass is 10.3. The fourth-order valence-corrected chi connectivity index (χ4v) is 0.955. The van der Waals surface area contributed by atoms with Crippen molar-refractivity contribution >= 4 is 11.6 Å². The van der Waals surface area contributed by atoms with Crippen LogP contribution in [0.15, 0.2) is 17.3 Å². The highest BCUT2D eigenvalue weighted by Crippen LogP contribution is 2.06. The maximum Gasteiger partial charge on any atom is 0.248 e. The quantitative estimate of drug-likeness (QED) is 0.547. The van der Waals surface area contributed by atoms with E-state index >= 15 is 0 Å². The molecule has 3 nitrogen and oxygen atoms in total. The van der Waals surface area contributed by atoms with Crippen molar-refractivity contribution in [2.24, 2.45) is 5.10 Å². The Morgan fingerprint density at radius 2 is 2.45 bits per heavy atom. The van der Waals surface area contributed by atoms with E-state index in [1.807, 2.05) is 26.0 Å². The van der Waals surface area contributed by atoms with Crippen LogP contribution < -0.4 is 0 Å². The molecule has 0 saturated heterocycles. The van der Waals surface area contributed by atoms with Crippen LogP contribution in [-0.4, -0.2) is 23.2 Å². The molecular weight excluding hydrogens is 140 g/mol. The summed E-state index contributed by atoms with van der Waals surface area (Å²) in [6, 6.07) is 0. The first-order valence-corrected chi connectivity index (χ1v) is 3.69. The summed E-state index contributed by atoms with van der Waals surface area (Å²) in [6.07, 6.45) is 4.31. The Labute approximate surface area is 66.4 Å². The Morgan fingerprint density at radius 3 is 2.91 bits per heavy atom. The van der Waals surface area contributed by atoms with Crippen LogP contribution in [0.25, 0.3) is 0 Å². The second kappa shape index (κ2) is 3.32. The predicted molar refractivity (Wildman–Crippen MR) is 44.3 cm³/mol. The highest BCUT2D eigenvalue weighted by atomic mass is 16.2. The Hall–Kier alpha value is -1.12. The number of carbonyl (C=O) groups is 1. The van der Waals surface area contributed by atoms with Gasteiger partial charge in [0.1, 0.15) is 0 Å². The van der Waals surface area contributed by atoms with Gasteiger partial charge in [-0.2, -0.15) is 5.10 Å². The molecule has 1 amide bonds. The van der Waals surface area contributed by atoms with Crippen LogP contribution in [0.2, 0.25) is 0 Å². The van der Waals surface area contributed by atoms with Crippen molar-refractivity contribution in [2.45, 2.75) is 20.3 Å². The summed E-state index contributed by atoms with van der Waals surface area (Å²) in [5.41, 5.74) is 0.902. The van der Waals surface area contributed by atoms with Crippen molar-refractivity contribution in [3.8, 4) is 0 Å². The third-order valence-electron chi connectivity index (χ3n) is 1.50. The Balaban J connectivity index is 2.52. The molecular formula is C8H12N2O. The van der Waals surface area contributed by atoms with Crippen LogP contribution in [0, 0.1) is 0 Å². The van der Waals surface area contributed by atoms with Gasteiger partial charge < -0.3 is 0 Å². The van der Waals surface area contributed by atoms with E-state index in [1.54, 1.807) is 0 Å². The summed E-state index contributed by atoms with van der Waals surface area (Å²) < 4.78 is 0. The average Bonchev–Trinajstić information content (AvgIpc) is 2.26. The number of carbonyl (C=O) groups excluding carboxylic acids is 1. The van der Waals surface area contributed by atoms with Crippen LogP contribution in [0.1, 0.15) is 20.3 Å². The van der Waals surface area contributed by atoms with E-state index in [9.17, 15) is 4.79 Å². The van der Waals surface area contributed by atoms with E-state index in [0.717, 1.165) is 5.71 Å². The summed E-state index contributed by atoms with van der Waals surface area (Å²) in [5.74, 6) is 0.0978. The molecule has 0 bridgehead atoms. The Bertz CT molecular complexity index is 218. The second-order valence-corrected chi connectivity index (χ2v) is 2.56. The molecule has 0 atom stereocenters. The van der Waals surface area contributed by atoms with Gasteiger partial charge >= 0.3 is 0 Å². The largest absolute Gasteiger partial charge is 0.273 e. The smallest absolute Gasteiger partial charge is 0.248 e. The minimum absolute atomic E-state index is 0.0978. The fourth-order valence-electron chi connectivity index (χ4n) is 0.955. The van der Waals surface area contributed by atoms with Gasteiger partial charge in [-0.1, -0.05) is 12.2 Å². The molecule has 1 aliphatic heterocycles. The van der Waals surface area contributed by atoms with E-state index in [1.165, 1.54) is 5.01 Å². The van der Waals surface area contributed by atoms with Crippen LogP contribution in [0.5, 0.6) is 0 Å². The van der Waals surface area contributed by atoms with Gasteiger partial charge in [0, 0.05) is 5.71 Å². The Morgan fingerprint density at radius 1 is 1.73 bits per heavy atom. The van der Waals surface area contributed by atoms with Crippen molar-refractivity contribution in [2.75, 3.05) is 6.54 Å². The van der Waals surface area contributed by atoms with Crippen LogP contribution in [-0.2, 0) is 4.79 Å². The van der Waals surface area contributed by atoms with Gasteiger partial charge in [0.25, 0.3) is 0 Å². The average molecular weight is 152 g/mol. The molecule has 1 heterocycles. The lowest BCUT2D eigenvalue weighted by Crippen LogP contribution is -2.20. The normalized spacial score (nSPS) is 18.2. The summed E-state index contributed by atoms with van der Waals surface area (Å²) in [7, 11) is 0. The molecule has 0 saturated carbocycles. The zero-order chi connectivity index (χ0) is 8.27. The van der Waals surface area contributed by atoms with Crippen LogP contribution in [0.3, 0.4) is 0 Å². The van der Waals surface area contributed by atoms with Crippen molar-refractivity contribution in [3.63, 3.8) is 0 Å². The number of amides is 1.